The fourth-order valence-corrected chi connectivity index (χ4v) is 0.934. The molecule has 0 spiro atoms. The molecular formula is C7H5BrClNO. The molecule has 0 unspecified atom stereocenters. The molecule has 0 heterocycles. The van der Waals surface area contributed by atoms with Gasteiger partial charge in [-0.3, -0.25) is 4.39 Å². The third kappa shape index (κ3) is 2.91. The van der Waals surface area contributed by atoms with E-state index in [9.17, 15) is 0 Å². The summed E-state index contributed by atoms with van der Waals surface area (Å²) >= 11 is 8.19. The molecule has 0 N–H and O–H groups in total. The molecule has 1 aromatic carbocycles. The zero-order valence-corrected chi connectivity index (χ0v) is 7.84. The predicted molar refractivity (Wildman–Crippen MR) is 48.7 cm³/mol. The van der Waals surface area contributed by atoms with Crippen LogP contribution in [0.4, 0.5) is 0 Å². The van der Waals surface area contributed by atoms with E-state index >= 15 is 0 Å². The Morgan fingerprint density at radius 3 is 2.55 bits per heavy atom. The van der Waals surface area contributed by atoms with E-state index in [-0.39, 0.29) is 0 Å². The van der Waals surface area contributed by atoms with E-state index < -0.39 is 0 Å². The van der Waals surface area contributed by atoms with Crippen molar-refractivity contribution in [3.63, 3.8) is 0 Å². The third-order valence-electron chi connectivity index (χ3n) is 1.11. The molecule has 0 aliphatic heterocycles. The number of hydrogen-bond donors (Lipinski definition) is 0. The van der Waals surface area contributed by atoms with Crippen LogP contribution < -0.4 is 0 Å². The summed E-state index contributed by atoms with van der Waals surface area (Å²) in [6.07, 6.45) is 1.53. The van der Waals surface area contributed by atoms with Gasteiger partial charge in [0.05, 0.1) is 6.21 Å². The predicted octanol–water partition coefficient (Wildman–Crippen LogP) is 2.95. The largest absolute Gasteiger partial charge is 0.277 e. The molecule has 0 aromatic heterocycles. The first kappa shape index (κ1) is 8.56. The smallest absolute Gasteiger partial charge is 0.167 e. The van der Waals surface area contributed by atoms with Crippen molar-refractivity contribution in [1.82, 2.24) is 0 Å². The summed E-state index contributed by atoms with van der Waals surface area (Å²) in [5.41, 5.74) is 0.939. The molecule has 0 amide bonds. The summed E-state index contributed by atoms with van der Waals surface area (Å²) < 4.78 is 5.04. The van der Waals surface area contributed by atoms with Crippen LogP contribution in [0.1, 0.15) is 5.56 Å². The van der Waals surface area contributed by atoms with Crippen LogP contribution in [-0.2, 0) is 4.39 Å². The number of benzene rings is 1. The van der Waals surface area contributed by atoms with Gasteiger partial charge in [0, 0.05) is 4.47 Å². The van der Waals surface area contributed by atoms with Crippen LogP contribution in [0.5, 0.6) is 0 Å². The first-order valence-corrected chi connectivity index (χ1v) is 4.00. The van der Waals surface area contributed by atoms with Crippen molar-refractivity contribution in [2.24, 2.45) is 5.16 Å². The van der Waals surface area contributed by atoms with Crippen molar-refractivity contribution in [1.29, 1.82) is 0 Å². The molecule has 0 saturated heterocycles. The van der Waals surface area contributed by atoms with Gasteiger partial charge >= 0.3 is 0 Å². The highest BCUT2D eigenvalue weighted by molar-refractivity contribution is 9.10. The van der Waals surface area contributed by atoms with Crippen molar-refractivity contribution < 1.29 is 4.39 Å². The Labute approximate surface area is 78.1 Å². The highest BCUT2D eigenvalue weighted by Gasteiger charge is 1.86. The lowest BCUT2D eigenvalue weighted by Crippen LogP contribution is -1.78. The number of rotatable bonds is 2. The summed E-state index contributed by atoms with van der Waals surface area (Å²) in [5.74, 6) is 0. The quantitative estimate of drug-likeness (QED) is 0.569. The van der Waals surface area contributed by atoms with E-state index in [0.29, 0.717) is 0 Å². The summed E-state index contributed by atoms with van der Waals surface area (Å²) in [6, 6.07) is 7.61. The van der Waals surface area contributed by atoms with Crippen molar-refractivity contribution >= 4 is 34.0 Å². The molecule has 1 aromatic rings. The maximum Gasteiger partial charge on any atom is 0.167 e. The molecule has 11 heavy (non-hydrogen) atoms. The second kappa shape index (κ2) is 4.36. The van der Waals surface area contributed by atoms with E-state index in [4.69, 9.17) is 11.9 Å². The molecule has 0 aliphatic carbocycles. The second-order valence-corrected chi connectivity index (χ2v) is 2.91. The van der Waals surface area contributed by atoms with Gasteiger partial charge in [-0.25, -0.2) is 0 Å². The first-order chi connectivity index (χ1) is 5.33. The Kier molecular flexibility index (Phi) is 3.39. The molecule has 2 nitrogen and oxygen atoms in total. The summed E-state index contributed by atoms with van der Waals surface area (Å²) in [7, 11) is 0. The van der Waals surface area contributed by atoms with Gasteiger partial charge in [0.25, 0.3) is 0 Å². The number of oxime groups is 1. The monoisotopic (exact) mass is 233 g/mol. The van der Waals surface area contributed by atoms with Gasteiger partial charge in [0.2, 0.25) is 0 Å². The van der Waals surface area contributed by atoms with Crippen LogP contribution in [0.25, 0.3) is 0 Å². The average Bonchev–Trinajstić information content (AvgIpc) is 2.04. The van der Waals surface area contributed by atoms with Crippen LogP contribution in [0, 0.1) is 0 Å². The average molecular weight is 234 g/mol. The van der Waals surface area contributed by atoms with Crippen LogP contribution in [0.15, 0.2) is 33.9 Å². The lowest BCUT2D eigenvalue weighted by atomic mass is 10.2. The van der Waals surface area contributed by atoms with Crippen LogP contribution >= 0.6 is 27.8 Å². The molecule has 4 heteroatoms. The minimum atomic E-state index is 0.939. The van der Waals surface area contributed by atoms with E-state index in [1.165, 1.54) is 6.21 Å². The van der Waals surface area contributed by atoms with E-state index in [1.807, 2.05) is 24.3 Å². The van der Waals surface area contributed by atoms with Crippen molar-refractivity contribution in [3.8, 4) is 0 Å². The Bertz CT molecular complexity index is 247. The van der Waals surface area contributed by atoms with E-state index in [1.54, 1.807) is 0 Å². The maximum absolute atomic E-state index is 4.88. The highest BCUT2D eigenvalue weighted by atomic mass is 79.9. The molecule has 0 saturated carbocycles. The molecule has 0 aliphatic rings. The lowest BCUT2D eigenvalue weighted by Gasteiger charge is -1.90. The Morgan fingerprint density at radius 1 is 1.36 bits per heavy atom. The molecule has 0 atom stereocenters. The zero-order valence-electron chi connectivity index (χ0n) is 5.50. The number of halogens is 2. The van der Waals surface area contributed by atoms with Gasteiger partial charge in [-0.05, 0) is 17.7 Å². The van der Waals surface area contributed by atoms with Crippen molar-refractivity contribution in [2.45, 2.75) is 0 Å². The van der Waals surface area contributed by atoms with Gasteiger partial charge in [-0.1, -0.05) is 33.2 Å². The van der Waals surface area contributed by atoms with Crippen LogP contribution in [-0.4, -0.2) is 6.21 Å². The molecule has 0 fully saturated rings. The number of hydrogen-bond acceptors (Lipinski definition) is 2. The molecule has 58 valence electrons. The summed E-state index contributed by atoms with van der Waals surface area (Å²) in [6.45, 7) is 0. The standard InChI is InChI=1S/C7H5BrClNO/c8-7-3-1-6(2-4-7)5-10-11-9/h1-5H. The minimum Gasteiger partial charge on any atom is -0.277 e. The zero-order chi connectivity index (χ0) is 8.10. The second-order valence-electron chi connectivity index (χ2n) is 1.86. The fraction of sp³-hybridized carbons (Fsp3) is 0. The van der Waals surface area contributed by atoms with Crippen molar-refractivity contribution in [2.75, 3.05) is 0 Å². The van der Waals surface area contributed by atoms with Gasteiger partial charge in [0.15, 0.2) is 11.9 Å². The van der Waals surface area contributed by atoms with Crippen LogP contribution in [0.2, 0.25) is 0 Å². The van der Waals surface area contributed by atoms with Gasteiger partial charge in [-0.15, -0.1) is 0 Å². The maximum atomic E-state index is 4.88. The lowest BCUT2D eigenvalue weighted by molar-refractivity contribution is 0.383. The highest BCUT2D eigenvalue weighted by Crippen LogP contribution is 2.08. The molecule has 1 rings (SSSR count). The summed E-state index contributed by atoms with van der Waals surface area (Å²) in [4.78, 5) is 0. The molecule has 0 radical (unpaired) electrons. The fourth-order valence-electron chi connectivity index (χ4n) is 0.630. The SMILES string of the molecule is ClON=Cc1ccc(Br)cc1. The first-order valence-electron chi connectivity index (χ1n) is 2.89. The van der Waals surface area contributed by atoms with Gasteiger partial charge in [-0.2, -0.15) is 0 Å². The molecular weight excluding hydrogens is 229 g/mol. The van der Waals surface area contributed by atoms with Crippen molar-refractivity contribution in [3.05, 3.63) is 34.3 Å². The Balaban J connectivity index is 2.73. The molecule has 0 bridgehead atoms. The Hall–Kier alpha value is -0.540. The minimum absolute atomic E-state index is 0.939. The van der Waals surface area contributed by atoms with Gasteiger partial charge in [0.1, 0.15) is 0 Å². The van der Waals surface area contributed by atoms with E-state index in [0.717, 1.165) is 10.0 Å². The van der Waals surface area contributed by atoms with Crippen LogP contribution in [0.3, 0.4) is 0 Å². The van der Waals surface area contributed by atoms with Gasteiger partial charge < -0.3 is 0 Å². The number of nitrogens with zero attached hydrogens (tertiary/aromatic N) is 1. The third-order valence-corrected chi connectivity index (χ3v) is 1.72. The topological polar surface area (TPSA) is 21.6 Å². The normalized spacial score (nSPS) is 10.4. The Morgan fingerprint density at radius 2 is 2.00 bits per heavy atom. The summed E-state index contributed by atoms with van der Waals surface area (Å²) in [5, 5.41) is 3.40. The van der Waals surface area contributed by atoms with E-state index in [2.05, 4.69) is 25.5 Å².